The lowest BCUT2D eigenvalue weighted by molar-refractivity contribution is -0.142. The van der Waals surface area contributed by atoms with Gasteiger partial charge in [-0.05, 0) is 12.0 Å². The minimum Gasteiger partial charge on any atom is -0.468 e. The normalized spacial score (nSPS) is 10.8. The second-order valence-corrected chi connectivity index (χ2v) is 5.83. The Labute approximate surface area is 128 Å². The van der Waals surface area contributed by atoms with Crippen LogP contribution in [-0.2, 0) is 22.5 Å². The van der Waals surface area contributed by atoms with Crippen LogP contribution in [0.4, 0.5) is 5.13 Å². The van der Waals surface area contributed by atoms with Gasteiger partial charge in [-0.25, -0.2) is 4.98 Å². The lowest BCUT2D eigenvalue weighted by Gasteiger charge is -2.20. The predicted octanol–water partition coefficient (Wildman–Crippen LogP) is 1.94. The van der Waals surface area contributed by atoms with Crippen LogP contribution in [0.3, 0.4) is 0 Å². The fourth-order valence-electron chi connectivity index (χ4n) is 2.01. The average molecular weight is 305 g/mol. The Morgan fingerprint density at radius 2 is 2.14 bits per heavy atom. The lowest BCUT2D eigenvalue weighted by Crippen LogP contribution is -2.31. The van der Waals surface area contributed by atoms with Crippen molar-refractivity contribution in [2.24, 2.45) is 0 Å². The van der Waals surface area contributed by atoms with Crippen molar-refractivity contribution in [1.29, 1.82) is 0 Å². The van der Waals surface area contributed by atoms with Crippen molar-refractivity contribution in [3.8, 4) is 0 Å². The first-order valence-electron chi connectivity index (χ1n) is 6.70. The molecule has 0 amide bonds. The number of esters is 1. The number of rotatable bonds is 7. The molecule has 0 unspecified atom stereocenters. The van der Waals surface area contributed by atoms with E-state index < -0.39 is 0 Å². The third-order valence-electron chi connectivity index (χ3n) is 3.09. The first-order chi connectivity index (χ1) is 10.2. The molecule has 21 heavy (non-hydrogen) atoms. The molecular weight excluding hydrogens is 286 g/mol. The van der Waals surface area contributed by atoms with E-state index in [0.717, 1.165) is 17.8 Å². The number of methoxy groups -OCH3 is 1. The molecule has 5 nitrogen and oxygen atoms in total. The molecule has 2 N–H and O–H groups in total. The van der Waals surface area contributed by atoms with Gasteiger partial charge in [-0.1, -0.05) is 30.3 Å². The molecule has 2 rings (SSSR count). The SMILES string of the molecule is COC(=O)CN(CCc1ccccc1)Cc1cnc(N)s1. The van der Waals surface area contributed by atoms with E-state index in [2.05, 4.69) is 17.1 Å². The number of ether oxygens (including phenoxy) is 1. The van der Waals surface area contributed by atoms with E-state index in [1.54, 1.807) is 6.20 Å². The van der Waals surface area contributed by atoms with Gasteiger partial charge in [0.2, 0.25) is 0 Å². The number of hydrogen-bond acceptors (Lipinski definition) is 6. The van der Waals surface area contributed by atoms with Crippen LogP contribution in [-0.4, -0.2) is 36.1 Å². The van der Waals surface area contributed by atoms with Crippen molar-refractivity contribution in [3.63, 3.8) is 0 Å². The first kappa shape index (κ1) is 15.5. The fraction of sp³-hybridized carbons (Fsp3) is 0.333. The summed E-state index contributed by atoms with van der Waals surface area (Å²) in [6, 6.07) is 10.2. The zero-order chi connectivity index (χ0) is 15.1. The summed E-state index contributed by atoms with van der Waals surface area (Å²) in [5, 5.41) is 0.547. The van der Waals surface area contributed by atoms with Crippen molar-refractivity contribution < 1.29 is 9.53 Å². The maximum atomic E-state index is 11.5. The van der Waals surface area contributed by atoms with Gasteiger partial charge in [0.15, 0.2) is 5.13 Å². The zero-order valence-electron chi connectivity index (χ0n) is 12.0. The monoisotopic (exact) mass is 305 g/mol. The summed E-state index contributed by atoms with van der Waals surface area (Å²) < 4.78 is 4.76. The van der Waals surface area contributed by atoms with Crippen LogP contribution in [0, 0.1) is 0 Å². The number of carbonyl (C=O) groups is 1. The molecule has 0 radical (unpaired) electrons. The molecule has 1 heterocycles. The van der Waals surface area contributed by atoms with Gasteiger partial charge in [-0.2, -0.15) is 0 Å². The molecule has 112 valence electrons. The summed E-state index contributed by atoms with van der Waals surface area (Å²) in [5.74, 6) is -0.236. The molecule has 6 heteroatoms. The number of benzene rings is 1. The molecule has 0 saturated carbocycles. The molecule has 1 aromatic heterocycles. The van der Waals surface area contributed by atoms with Crippen molar-refractivity contribution in [1.82, 2.24) is 9.88 Å². The molecule has 0 aliphatic rings. The zero-order valence-corrected chi connectivity index (χ0v) is 12.8. The van der Waals surface area contributed by atoms with Gasteiger partial charge < -0.3 is 10.5 Å². The summed E-state index contributed by atoms with van der Waals surface area (Å²) in [5.41, 5.74) is 6.89. The van der Waals surface area contributed by atoms with Crippen LogP contribution in [0.2, 0.25) is 0 Å². The molecule has 0 aliphatic heterocycles. The van der Waals surface area contributed by atoms with Crippen LogP contribution < -0.4 is 5.73 Å². The van der Waals surface area contributed by atoms with Crippen LogP contribution in [0.25, 0.3) is 0 Å². The predicted molar refractivity (Wildman–Crippen MR) is 84.0 cm³/mol. The van der Waals surface area contributed by atoms with Gasteiger partial charge in [-0.15, -0.1) is 11.3 Å². The van der Waals surface area contributed by atoms with E-state index in [0.29, 0.717) is 11.7 Å². The average Bonchev–Trinajstić information content (AvgIpc) is 2.91. The number of anilines is 1. The standard InChI is InChI=1S/C15H19N3O2S/c1-20-14(19)11-18(10-13-9-17-15(16)21-13)8-7-12-5-3-2-4-6-12/h2-6,9H,7-8,10-11H2,1H3,(H2,16,17). The largest absolute Gasteiger partial charge is 0.468 e. The molecule has 0 saturated heterocycles. The molecule has 0 fully saturated rings. The van der Waals surface area contributed by atoms with E-state index in [-0.39, 0.29) is 12.5 Å². The molecule has 0 atom stereocenters. The van der Waals surface area contributed by atoms with Crippen molar-refractivity contribution in [2.45, 2.75) is 13.0 Å². The van der Waals surface area contributed by atoms with Gasteiger partial charge >= 0.3 is 5.97 Å². The van der Waals surface area contributed by atoms with Crippen molar-refractivity contribution in [3.05, 3.63) is 47.0 Å². The van der Waals surface area contributed by atoms with E-state index in [1.165, 1.54) is 24.0 Å². The van der Waals surface area contributed by atoms with Gasteiger partial charge in [0.1, 0.15) is 0 Å². The highest BCUT2D eigenvalue weighted by molar-refractivity contribution is 7.15. The Morgan fingerprint density at radius 1 is 1.38 bits per heavy atom. The summed E-state index contributed by atoms with van der Waals surface area (Å²) in [6.45, 7) is 1.69. The van der Waals surface area contributed by atoms with Gasteiger partial charge in [0.25, 0.3) is 0 Å². The topological polar surface area (TPSA) is 68.5 Å². The quantitative estimate of drug-likeness (QED) is 0.792. The van der Waals surface area contributed by atoms with E-state index in [9.17, 15) is 4.79 Å². The van der Waals surface area contributed by atoms with Gasteiger partial charge in [-0.3, -0.25) is 9.69 Å². The van der Waals surface area contributed by atoms with Gasteiger partial charge in [0, 0.05) is 24.2 Å². The number of hydrogen-bond donors (Lipinski definition) is 1. The van der Waals surface area contributed by atoms with Crippen molar-refractivity contribution >= 4 is 22.4 Å². The maximum Gasteiger partial charge on any atom is 0.319 e. The highest BCUT2D eigenvalue weighted by Gasteiger charge is 2.13. The second kappa shape index (κ2) is 7.75. The third kappa shape index (κ3) is 5.17. The molecule has 0 bridgehead atoms. The highest BCUT2D eigenvalue weighted by Crippen LogP contribution is 2.16. The Hall–Kier alpha value is -1.92. The smallest absolute Gasteiger partial charge is 0.319 e. The van der Waals surface area contributed by atoms with Crippen LogP contribution in [0.15, 0.2) is 36.5 Å². The number of aromatic nitrogens is 1. The Balaban J connectivity index is 1.96. The number of nitrogen functional groups attached to an aromatic ring is 1. The maximum absolute atomic E-state index is 11.5. The van der Waals surface area contributed by atoms with E-state index >= 15 is 0 Å². The third-order valence-corrected chi connectivity index (χ3v) is 3.90. The molecule has 0 spiro atoms. The minimum atomic E-state index is -0.236. The van der Waals surface area contributed by atoms with Crippen molar-refractivity contribution in [2.75, 3.05) is 25.9 Å². The Morgan fingerprint density at radius 3 is 2.76 bits per heavy atom. The Kier molecular flexibility index (Phi) is 5.71. The number of thiazole rings is 1. The van der Waals surface area contributed by atoms with Gasteiger partial charge in [0.05, 0.1) is 13.7 Å². The van der Waals surface area contributed by atoms with Crippen LogP contribution in [0.5, 0.6) is 0 Å². The summed E-state index contributed by atoms with van der Waals surface area (Å²) in [7, 11) is 1.41. The highest BCUT2D eigenvalue weighted by atomic mass is 32.1. The minimum absolute atomic E-state index is 0.236. The van der Waals surface area contributed by atoms with E-state index in [1.807, 2.05) is 23.1 Å². The summed E-state index contributed by atoms with van der Waals surface area (Å²) in [6.07, 6.45) is 2.64. The molecule has 1 aromatic carbocycles. The molecular formula is C15H19N3O2S. The Bertz CT molecular complexity index is 571. The van der Waals surface area contributed by atoms with Crippen LogP contribution >= 0.6 is 11.3 Å². The number of carbonyl (C=O) groups excluding carboxylic acids is 1. The fourth-order valence-corrected chi connectivity index (χ4v) is 2.74. The summed E-state index contributed by atoms with van der Waals surface area (Å²) in [4.78, 5) is 18.7. The number of nitrogens with zero attached hydrogens (tertiary/aromatic N) is 2. The van der Waals surface area contributed by atoms with E-state index in [4.69, 9.17) is 10.5 Å². The summed E-state index contributed by atoms with van der Waals surface area (Å²) >= 11 is 1.45. The van der Waals surface area contributed by atoms with Crippen LogP contribution in [0.1, 0.15) is 10.4 Å². The second-order valence-electron chi connectivity index (χ2n) is 4.69. The lowest BCUT2D eigenvalue weighted by atomic mass is 10.1. The molecule has 2 aromatic rings. The molecule has 0 aliphatic carbocycles. The first-order valence-corrected chi connectivity index (χ1v) is 7.52. The number of nitrogens with two attached hydrogens (primary N) is 1.